The Balaban J connectivity index is 1.10. The zero-order chi connectivity index (χ0) is 36.4. The van der Waals surface area contributed by atoms with Crippen molar-refractivity contribution < 1.29 is 14.3 Å². The van der Waals surface area contributed by atoms with Crippen molar-refractivity contribution in [2.45, 2.75) is 57.8 Å². The van der Waals surface area contributed by atoms with Crippen molar-refractivity contribution in [1.29, 1.82) is 0 Å². The van der Waals surface area contributed by atoms with Gasteiger partial charge in [0, 0.05) is 105 Å². The maximum Gasteiger partial charge on any atom is 0.220 e. The molecule has 0 spiro atoms. The van der Waals surface area contributed by atoms with Gasteiger partial charge in [-0.2, -0.15) is 0 Å². The Kier molecular flexibility index (Phi) is 10.8. The van der Waals surface area contributed by atoms with Crippen molar-refractivity contribution in [1.82, 2.24) is 35.4 Å². The van der Waals surface area contributed by atoms with Gasteiger partial charge in [0.25, 0.3) is 0 Å². The second kappa shape index (κ2) is 15.6. The van der Waals surface area contributed by atoms with Gasteiger partial charge in [-0.05, 0) is 43.0 Å². The molecule has 2 amide bonds. The Morgan fingerprint density at radius 2 is 1.54 bits per heavy atom. The number of nitrogens with one attached hydrogen (secondary N) is 3. The first-order valence-corrected chi connectivity index (χ1v) is 18.5. The van der Waals surface area contributed by atoms with Crippen LogP contribution >= 0.6 is 23.2 Å². The second-order valence-electron chi connectivity index (χ2n) is 13.6. The number of fused-ring (bicyclic) bond motifs is 1. The van der Waals surface area contributed by atoms with E-state index in [9.17, 15) is 9.59 Å². The fourth-order valence-corrected chi connectivity index (χ4v) is 7.94. The minimum Gasteiger partial charge on any atom is -0.481 e. The minimum absolute atomic E-state index is 0.103. The molecule has 52 heavy (non-hydrogen) atoms. The highest BCUT2D eigenvalue weighted by Gasteiger charge is 2.23. The number of benzene rings is 2. The quantitative estimate of drug-likeness (QED) is 0.137. The molecule has 5 heterocycles. The van der Waals surface area contributed by atoms with E-state index in [0.29, 0.717) is 47.2 Å². The van der Waals surface area contributed by atoms with Gasteiger partial charge in [-0.15, -0.1) is 0 Å². The first-order chi connectivity index (χ1) is 25.2. The van der Waals surface area contributed by atoms with Crippen LogP contribution < -0.4 is 20.7 Å². The van der Waals surface area contributed by atoms with E-state index in [-0.39, 0.29) is 17.9 Å². The summed E-state index contributed by atoms with van der Waals surface area (Å²) in [4.78, 5) is 35.1. The van der Waals surface area contributed by atoms with E-state index in [4.69, 9.17) is 37.9 Å². The summed E-state index contributed by atoms with van der Waals surface area (Å²) in [6.45, 7) is 5.20. The van der Waals surface area contributed by atoms with Crippen LogP contribution in [0.4, 0.5) is 0 Å². The SMILES string of the molecule is COc1nc(-c2cccc(-c3cccc(-c4ccc5c(CNC6CCN(C(C)=O)CC6)cn(C)c5n4)c3Cl)c2Cl)ccc1CNC[C@H]1CCC(=O)N1. The molecule has 0 saturated carbocycles. The summed E-state index contributed by atoms with van der Waals surface area (Å²) in [5.41, 5.74) is 7.60. The maximum atomic E-state index is 11.7. The zero-order valence-corrected chi connectivity index (χ0v) is 31.2. The van der Waals surface area contributed by atoms with Gasteiger partial charge < -0.3 is 30.2 Å². The van der Waals surface area contributed by atoms with E-state index in [2.05, 4.69) is 32.8 Å². The molecule has 5 aromatic rings. The number of aryl methyl sites for hydroxylation is 1. The number of piperidine rings is 1. The molecule has 1 atom stereocenters. The van der Waals surface area contributed by atoms with E-state index in [1.807, 2.05) is 66.5 Å². The van der Waals surface area contributed by atoms with Gasteiger partial charge in [-0.3, -0.25) is 9.59 Å². The van der Waals surface area contributed by atoms with E-state index in [0.717, 1.165) is 83.4 Å². The highest BCUT2D eigenvalue weighted by atomic mass is 35.5. The van der Waals surface area contributed by atoms with Crippen LogP contribution in [0.1, 0.15) is 43.7 Å². The first-order valence-electron chi connectivity index (χ1n) is 17.8. The lowest BCUT2D eigenvalue weighted by atomic mass is 9.98. The number of carbonyl (C=O) groups excluding carboxylic acids is 2. The van der Waals surface area contributed by atoms with E-state index < -0.39 is 0 Å². The lowest BCUT2D eigenvalue weighted by Gasteiger charge is -2.31. The average Bonchev–Trinajstić information content (AvgIpc) is 3.72. The Bertz CT molecular complexity index is 2130. The number of carbonyl (C=O) groups is 2. The van der Waals surface area contributed by atoms with Crippen molar-refractivity contribution in [2.24, 2.45) is 7.05 Å². The molecular formula is C40H43Cl2N7O3. The zero-order valence-electron chi connectivity index (χ0n) is 29.6. The van der Waals surface area contributed by atoms with Crippen LogP contribution in [-0.4, -0.2) is 70.1 Å². The van der Waals surface area contributed by atoms with E-state index >= 15 is 0 Å². The molecule has 2 aromatic carbocycles. The van der Waals surface area contributed by atoms with Crippen molar-refractivity contribution in [3.63, 3.8) is 0 Å². The molecule has 0 radical (unpaired) electrons. The van der Waals surface area contributed by atoms with Crippen molar-refractivity contribution in [3.8, 4) is 39.5 Å². The predicted molar refractivity (Wildman–Crippen MR) is 206 cm³/mol. The monoisotopic (exact) mass is 739 g/mol. The third-order valence-corrected chi connectivity index (χ3v) is 11.0. The molecule has 0 unspecified atom stereocenters. The number of amides is 2. The number of likely N-dealkylation sites (tertiary alicyclic amines) is 1. The van der Waals surface area contributed by atoms with Crippen LogP contribution in [0, 0.1) is 0 Å². The third-order valence-electron chi connectivity index (χ3n) is 10.2. The Morgan fingerprint density at radius 1 is 0.885 bits per heavy atom. The number of pyridine rings is 2. The number of nitrogens with zero attached hydrogens (tertiary/aromatic N) is 4. The van der Waals surface area contributed by atoms with Crippen LogP contribution in [0.3, 0.4) is 0 Å². The molecule has 2 aliphatic heterocycles. The highest BCUT2D eigenvalue weighted by Crippen LogP contribution is 2.42. The van der Waals surface area contributed by atoms with E-state index in [1.54, 1.807) is 14.0 Å². The Labute approximate surface area is 313 Å². The van der Waals surface area contributed by atoms with Gasteiger partial charge in [0.05, 0.1) is 28.5 Å². The third kappa shape index (κ3) is 7.52. The first kappa shape index (κ1) is 35.9. The molecule has 3 N–H and O–H groups in total. The van der Waals surface area contributed by atoms with Gasteiger partial charge in [0.2, 0.25) is 17.7 Å². The summed E-state index contributed by atoms with van der Waals surface area (Å²) in [6.07, 6.45) is 5.45. The fourth-order valence-electron chi connectivity index (χ4n) is 7.29. The summed E-state index contributed by atoms with van der Waals surface area (Å²) in [5.74, 6) is 0.763. The van der Waals surface area contributed by atoms with Crippen molar-refractivity contribution in [3.05, 3.63) is 88.0 Å². The topological polar surface area (TPSA) is 113 Å². The smallest absolute Gasteiger partial charge is 0.220 e. The fraction of sp³-hybridized carbons (Fsp3) is 0.350. The normalized spacial score (nSPS) is 16.4. The van der Waals surface area contributed by atoms with E-state index in [1.165, 1.54) is 5.56 Å². The lowest BCUT2D eigenvalue weighted by molar-refractivity contribution is -0.130. The minimum atomic E-state index is 0.103. The predicted octanol–water partition coefficient (Wildman–Crippen LogP) is 6.75. The summed E-state index contributed by atoms with van der Waals surface area (Å²) < 4.78 is 7.73. The molecule has 3 aromatic heterocycles. The second-order valence-corrected chi connectivity index (χ2v) is 14.4. The molecule has 2 aliphatic rings. The van der Waals surface area contributed by atoms with Gasteiger partial charge in [0.15, 0.2) is 0 Å². The summed E-state index contributed by atoms with van der Waals surface area (Å²) in [7, 11) is 3.62. The average molecular weight is 741 g/mol. The standard InChI is InChI=1S/C40H43Cl2N7O3/c1-24(50)49-18-16-27(17-19-49)44-21-26-23-48(2)39-29(26)12-14-34(46-39)32-8-4-6-30(37(32)41)31-7-5-9-33(38(31)42)35-13-10-25(40(47-35)52-3)20-43-22-28-11-15-36(51)45-28/h4-10,12-14,23,27-28,43-44H,11,15-22H2,1-3H3,(H,45,51)/t28-/m1/s1. The van der Waals surface area contributed by atoms with Gasteiger partial charge in [0.1, 0.15) is 5.65 Å². The van der Waals surface area contributed by atoms with Gasteiger partial charge >= 0.3 is 0 Å². The summed E-state index contributed by atoms with van der Waals surface area (Å²) >= 11 is 14.3. The number of aromatic nitrogens is 3. The number of rotatable bonds is 11. The number of ether oxygens (including phenoxy) is 1. The molecule has 10 nitrogen and oxygen atoms in total. The largest absolute Gasteiger partial charge is 0.481 e. The van der Waals surface area contributed by atoms with Gasteiger partial charge in [-0.1, -0.05) is 65.7 Å². The lowest BCUT2D eigenvalue weighted by Crippen LogP contribution is -2.43. The van der Waals surface area contributed by atoms with Gasteiger partial charge in [-0.25, -0.2) is 9.97 Å². The Hall–Kier alpha value is -4.48. The molecule has 270 valence electrons. The van der Waals surface area contributed by atoms with Crippen LogP contribution in [0.2, 0.25) is 10.0 Å². The molecule has 0 bridgehead atoms. The molecular weight excluding hydrogens is 697 g/mol. The molecule has 2 fully saturated rings. The number of hydrogen-bond acceptors (Lipinski definition) is 7. The molecule has 0 aliphatic carbocycles. The number of halogens is 2. The molecule has 12 heteroatoms. The van der Waals surface area contributed by atoms with Crippen LogP contribution in [-0.2, 0) is 29.7 Å². The summed E-state index contributed by atoms with van der Waals surface area (Å²) in [5, 5.41) is 12.3. The number of hydrogen-bond donors (Lipinski definition) is 3. The van der Waals surface area contributed by atoms with Crippen LogP contribution in [0.5, 0.6) is 5.88 Å². The maximum absolute atomic E-state index is 11.7. The highest BCUT2D eigenvalue weighted by molar-refractivity contribution is 6.39. The molecule has 2 saturated heterocycles. The van der Waals surface area contributed by atoms with Crippen molar-refractivity contribution >= 4 is 46.0 Å². The number of methoxy groups -OCH3 is 1. The molecule has 7 rings (SSSR count). The summed E-state index contributed by atoms with van der Waals surface area (Å²) in [6, 6.07) is 20.4. The van der Waals surface area contributed by atoms with Crippen molar-refractivity contribution in [2.75, 3.05) is 26.7 Å². The van der Waals surface area contributed by atoms with Crippen LogP contribution in [0.25, 0.3) is 44.7 Å². The van der Waals surface area contributed by atoms with Crippen LogP contribution in [0.15, 0.2) is 66.9 Å². The Morgan fingerprint density at radius 3 is 2.17 bits per heavy atom.